The molecule has 1 heterocycles. The summed E-state index contributed by atoms with van der Waals surface area (Å²) in [4.78, 5) is 28.1. The zero-order valence-electron chi connectivity index (χ0n) is 21.4. The number of H-pyrrole nitrogens is 1. The van der Waals surface area contributed by atoms with Crippen LogP contribution in [0.15, 0.2) is 60.7 Å². The van der Waals surface area contributed by atoms with Crippen molar-refractivity contribution in [1.29, 1.82) is 0 Å². The maximum atomic E-state index is 11.8. The van der Waals surface area contributed by atoms with E-state index in [1.165, 1.54) is 6.26 Å². The lowest BCUT2D eigenvalue weighted by atomic mass is 9.96. The van der Waals surface area contributed by atoms with E-state index in [0.29, 0.717) is 29.9 Å². The highest BCUT2D eigenvalue weighted by Gasteiger charge is 2.38. The number of nitrogens with zero attached hydrogens (tertiary/aromatic N) is 1. The second-order valence-corrected chi connectivity index (χ2v) is 11.2. The van der Waals surface area contributed by atoms with Crippen molar-refractivity contribution in [3.8, 4) is 22.3 Å². The fourth-order valence-electron chi connectivity index (χ4n) is 3.85. The molecule has 4 N–H and O–H groups in total. The molecule has 3 aromatic carbocycles. The molecule has 4 rings (SSSR count). The minimum Gasteiger partial charge on any atom is -0.478 e. The summed E-state index contributed by atoms with van der Waals surface area (Å²) in [6.45, 7) is 2.76. The molecule has 0 saturated heterocycles. The van der Waals surface area contributed by atoms with Crippen LogP contribution in [-0.4, -0.2) is 65.3 Å². The molecule has 0 bridgehead atoms. The smallest absolute Gasteiger partial charge is 0.478 e. The van der Waals surface area contributed by atoms with Crippen molar-refractivity contribution >= 4 is 32.8 Å². The number of aliphatic carboxylic acids is 1. The van der Waals surface area contributed by atoms with Crippen LogP contribution in [-0.2, 0) is 21.2 Å². The molecule has 0 aliphatic rings. The number of nitrogens with one attached hydrogen (secondary N) is 2. The van der Waals surface area contributed by atoms with Gasteiger partial charge in [-0.15, -0.1) is 0 Å². The topological polar surface area (TPSA) is 149 Å². The van der Waals surface area contributed by atoms with Gasteiger partial charge in [0.25, 0.3) is 0 Å². The lowest BCUT2D eigenvalue weighted by Gasteiger charge is -2.12. The van der Waals surface area contributed by atoms with Gasteiger partial charge < -0.3 is 20.5 Å². The molecule has 0 unspecified atom stereocenters. The summed E-state index contributed by atoms with van der Waals surface area (Å²) in [5, 5.41) is 19.9. The van der Waals surface area contributed by atoms with Crippen molar-refractivity contribution in [2.45, 2.75) is 19.6 Å². The van der Waals surface area contributed by atoms with Gasteiger partial charge in [-0.3, -0.25) is 0 Å². The van der Waals surface area contributed by atoms with Crippen molar-refractivity contribution in [2.24, 2.45) is 0 Å². The Morgan fingerprint density at radius 2 is 1.57 bits per heavy atom. The minimum absolute atomic E-state index is 0.0996. The van der Waals surface area contributed by atoms with Gasteiger partial charge in [0, 0.05) is 19.3 Å². The first-order chi connectivity index (χ1) is 18.7. The average molecular weight is 578 g/mol. The van der Waals surface area contributed by atoms with Gasteiger partial charge in [-0.25, -0.2) is 23.0 Å². The van der Waals surface area contributed by atoms with Gasteiger partial charge in [0.15, 0.2) is 0 Å². The number of sulfone groups is 1. The lowest BCUT2D eigenvalue weighted by molar-refractivity contribution is -0.192. The summed E-state index contributed by atoms with van der Waals surface area (Å²) in [7, 11) is -3.00. The Labute approximate surface area is 227 Å². The molecular weight excluding hydrogens is 551 g/mol. The maximum Gasteiger partial charge on any atom is 0.490 e. The average Bonchev–Trinajstić information content (AvgIpc) is 3.25. The number of aromatic carboxylic acids is 1. The van der Waals surface area contributed by atoms with E-state index < -0.39 is 28.0 Å². The summed E-state index contributed by atoms with van der Waals surface area (Å²) >= 11 is 0. The van der Waals surface area contributed by atoms with Crippen LogP contribution >= 0.6 is 0 Å². The number of carboxylic acid groups (broad SMARTS) is 2. The number of halogens is 3. The third kappa shape index (κ3) is 8.13. The Kier molecular flexibility index (Phi) is 9.32. The number of carboxylic acids is 2. The molecule has 0 atom stereocenters. The van der Waals surface area contributed by atoms with Gasteiger partial charge in [0.1, 0.15) is 21.2 Å². The minimum atomic E-state index is -5.08. The molecule has 0 aliphatic heterocycles. The van der Waals surface area contributed by atoms with E-state index >= 15 is 0 Å². The number of fused-ring (bicyclic) bond motifs is 1. The summed E-state index contributed by atoms with van der Waals surface area (Å²) in [5.74, 6) is -3.00. The van der Waals surface area contributed by atoms with Crippen molar-refractivity contribution in [3.63, 3.8) is 0 Å². The molecule has 0 spiro atoms. The molecule has 40 heavy (non-hydrogen) atoms. The van der Waals surface area contributed by atoms with E-state index in [2.05, 4.69) is 15.3 Å². The number of hydrogen-bond donors (Lipinski definition) is 4. The van der Waals surface area contributed by atoms with Crippen LogP contribution in [0.5, 0.6) is 0 Å². The first-order valence-corrected chi connectivity index (χ1v) is 13.8. The third-order valence-electron chi connectivity index (χ3n) is 5.69. The molecule has 4 aromatic rings. The molecule has 0 amide bonds. The standard InChI is InChI=1S/C25H25N3O4S.C2HF3O2/c1-16-27-23-14-20(13-22(25(29)30)24(23)28-16)17-7-9-18(10-8-17)21-6-4-3-5-19(21)15-26-11-12-33(2,31)32;3-2(4,5)1(6)7/h3-10,13-14,26H,11-12,15H2,1-2H3,(H,27,28)(H,29,30);(H,6,7). The van der Waals surface area contributed by atoms with Gasteiger partial charge >= 0.3 is 18.1 Å². The summed E-state index contributed by atoms with van der Waals surface area (Å²) < 4.78 is 54.4. The number of aromatic amines is 1. The normalized spacial score (nSPS) is 11.6. The van der Waals surface area contributed by atoms with Crippen LogP contribution in [0.2, 0.25) is 0 Å². The molecule has 0 aliphatic carbocycles. The quantitative estimate of drug-likeness (QED) is 0.221. The molecule has 0 radical (unpaired) electrons. The first kappa shape index (κ1) is 30.3. The van der Waals surface area contributed by atoms with Gasteiger partial charge in [0.2, 0.25) is 0 Å². The van der Waals surface area contributed by atoms with Crippen LogP contribution in [0.25, 0.3) is 33.3 Å². The Morgan fingerprint density at radius 1 is 0.975 bits per heavy atom. The maximum absolute atomic E-state index is 11.8. The molecule has 13 heteroatoms. The summed E-state index contributed by atoms with van der Waals surface area (Å²) in [6.07, 6.45) is -3.85. The van der Waals surface area contributed by atoms with Gasteiger partial charge in [-0.2, -0.15) is 13.2 Å². The fraction of sp³-hybridized carbons (Fsp3) is 0.222. The summed E-state index contributed by atoms with van der Waals surface area (Å²) in [6, 6.07) is 19.5. The van der Waals surface area contributed by atoms with Crippen LogP contribution < -0.4 is 5.32 Å². The van der Waals surface area contributed by atoms with E-state index in [1.54, 1.807) is 13.0 Å². The van der Waals surface area contributed by atoms with Crippen LogP contribution in [0, 0.1) is 6.92 Å². The SMILES string of the molecule is Cc1nc2c(C(=O)O)cc(-c3ccc(-c4ccccc4CNCCS(C)(=O)=O)cc3)cc2[nH]1.O=C(O)C(F)(F)F. The molecule has 0 saturated carbocycles. The number of aromatic nitrogens is 2. The van der Waals surface area contributed by atoms with Crippen LogP contribution in [0.3, 0.4) is 0 Å². The second kappa shape index (κ2) is 12.3. The molecule has 1 aromatic heterocycles. The Hall–Kier alpha value is -4.23. The summed E-state index contributed by atoms with van der Waals surface area (Å²) in [5.41, 5.74) is 6.17. The van der Waals surface area contributed by atoms with Crippen molar-refractivity contribution < 1.29 is 41.4 Å². The van der Waals surface area contributed by atoms with Gasteiger partial charge in [-0.05, 0) is 46.9 Å². The Morgan fingerprint density at radius 3 is 2.15 bits per heavy atom. The highest BCUT2D eigenvalue weighted by Crippen LogP contribution is 2.30. The highest BCUT2D eigenvalue weighted by molar-refractivity contribution is 7.90. The number of hydrogen-bond acceptors (Lipinski definition) is 6. The number of alkyl halides is 3. The predicted molar refractivity (Wildman–Crippen MR) is 144 cm³/mol. The first-order valence-electron chi connectivity index (χ1n) is 11.8. The second-order valence-electron chi connectivity index (χ2n) is 8.89. The lowest BCUT2D eigenvalue weighted by Crippen LogP contribution is -2.22. The number of benzene rings is 3. The van der Waals surface area contributed by atoms with Crippen molar-refractivity contribution in [1.82, 2.24) is 15.3 Å². The molecule has 0 fully saturated rings. The van der Waals surface area contributed by atoms with Crippen LogP contribution in [0.1, 0.15) is 21.7 Å². The van der Waals surface area contributed by atoms with E-state index in [1.807, 2.05) is 54.6 Å². The van der Waals surface area contributed by atoms with E-state index in [4.69, 9.17) is 9.90 Å². The number of carbonyl (C=O) groups is 2. The van der Waals surface area contributed by atoms with E-state index in [0.717, 1.165) is 27.8 Å². The van der Waals surface area contributed by atoms with E-state index in [9.17, 15) is 31.5 Å². The van der Waals surface area contributed by atoms with Gasteiger partial charge in [-0.1, -0.05) is 48.5 Å². The number of rotatable bonds is 8. The fourth-order valence-corrected chi connectivity index (χ4v) is 4.36. The van der Waals surface area contributed by atoms with Gasteiger partial charge in [0.05, 0.1) is 16.8 Å². The zero-order chi connectivity index (χ0) is 29.7. The third-order valence-corrected chi connectivity index (χ3v) is 6.64. The largest absolute Gasteiger partial charge is 0.490 e. The van der Waals surface area contributed by atoms with Crippen molar-refractivity contribution in [2.75, 3.05) is 18.6 Å². The number of aryl methyl sites for hydroxylation is 1. The van der Waals surface area contributed by atoms with Crippen molar-refractivity contribution in [3.05, 3.63) is 77.6 Å². The molecule has 9 nitrogen and oxygen atoms in total. The Balaban J connectivity index is 0.000000559. The zero-order valence-corrected chi connectivity index (χ0v) is 22.2. The van der Waals surface area contributed by atoms with Crippen LogP contribution in [0.4, 0.5) is 13.2 Å². The number of imidazole rings is 1. The molecule has 212 valence electrons. The molecular formula is C27H26F3N3O6S. The Bertz CT molecular complexity index is 1630. The highest BCUT2D eigenvalue weighted by atomic mass is 32.2. The predicted octanol–water partition coefficient (Wildman–Crippen LogP) is 4.67. The van der Waals surface area contributed by atoms with E-state index in [-0.39, 0.29) is 11.3 Å². The monoisotopic (exact) mass is 577 g/mol.